The van der Waals surface area contributed by atoms with E-state index in [1.807, 2.05) is 4.90 Å². The van der Waals surface area contributed by atoms with Crippen LogP contribution in [0.3, 0.4) is 0 Å². The van der Waals surface area contributed by atoms with Crippen molar-refractivity contribution in [3.8, 4) is 0 Å². The van der Waals surface area contributed by atoms with Crippen LogP contribution < -0.4 is 5.32 Å². The molecular weight excluding hydrogens is 244 g/mol. The molecule has 0 bridgehead atoms. The van der Waals surface area contributed by atoms with E-state index in [0.29, 0.717) is 12.1 Å². The van der Waals surface area contributed by atoms with Crippen molar-refractivity contribution < 1.29 is 14.6 Å². The topological polar surface area (TPSA) is 61.8 Å². The zero-order valence-corrected chi connectivity index (χ0v) is 11.6. The molecule has 1 saturated carbocycles. The summed E-state index contributed by atoms with van der Waals surface area (Å²) in [5.41, 5.74) is 0.0186. The Kier molecular flexibility index (Phi) is 3.53. The molecule has 1 spiro atoms. The van der Waals surface area contributed by atoms with Gasteiger partial charge in [0.05, 0.1) is 18.8 Å². The van der Waals surface area contributed by atoms with E-state index in [0.717, 1.165) is 44.9 Å². The van der Waals surface area contributed by atoms with Gasteiger partial charge < -0.3 is 15.2 Å². The average Bonchev–Trinajstić information content (AvgIpc) is 2.90. The molecule has 3 atom stereocenters. The van der Waals surface area contributed by atoms with Crippen LogP contribution >= 0.6 is 0 Å². The van der Waals surface area contributed by atoms with E-state index in [1.54, 1.807) is 0 Å². The van der Waals surface area contributed by atoms with Gasteiger partial charge in [-0.2, -0.15) is 0 Å². The molecule has 3 aliphatic rings. The van der Waals surface area contributed by atoms with Gasteiger partial charge in [-0.05, 0) is 31.6 Å². The summed E-state index contributed by atoms with van der Waals surface area (Å²) in [5.74, 6) is 0.0968. The Morgan fingerprint density at radius 3 is 2.74 bits per heavy atom. The Morgan fingerprint density at radius 2 is 2.16 bits per heavy atom. The van der Waals surface area contributed by atoms with Crippen molar-refractivity contribution in [1.29, 1.82) is 0 Å². The van der Waals surface area contributed by atoms with Crippen molar-refractivity contribution in [2.24, 2.45) is 5.92 Å². The summed E-state index contributed by atoms with van der Waals surface area (Å²) in [7, 11) is 0. The first-order valence-corrected chi connectivity index (χ1v) is 7.40. The molecule has 3 fully saturated rings. The molecular formula is C14H24N2O3. The van der Waals surface area contributed by atoms with Gasteiger partial charge in [0.25, 0.3) is 0 Å². The second-order valence-corrected chi connectivity index (χ2v) is 6.55. The maximum atomic E-state index is 10.7. The third-order valence-corrected chi connectivity index (χ3v) is 4.89. The summed E-state index contributed by atoms with van der Waals surface area (Å²) in [6.45, 7) is 4.96. The van der Waals surface area contributed by atoms with Gasteiger partial charge in [0, 0.05) is 25.2 Å². The molecule has 0 aromatic rings. The number of hydrogen-bond donors (Lipinski definition) is 2. The van der Waals surface area contributed by atoms with Crippen LogP contribution in [0, 0.1) is 5.92 Å². The van der Waals surface area contributed by atoms with Crippen molar-refractivity contribution >= 4 is 5.97 Å². The number of piperidine rings is 1. The molecule has 0 aromatic carbocycles. The van der Waals surface area contributed by atoms with Crippen LogP contribution in [-0.2, 0) is 9.53 Å². The molecule has 0 radical (unpaired) electrons. The second kappa shape index (κ2) is 5.04. The number of carboxylic acids is 1. The number of nitrogens with zero attached hydrogens (tertiary/aromatic N) is 1. The second-order valence-electron chi connectivity index (χ2n) is 6.55. The smallest absolute Gasteiger partial charge is 0.317 e. The molecule has 0 amide bonds. The molecule has 2 saturated heterocycles. The fourth-order valence-corrected chi connectivity index (χ4v) is 3.47. The lowest BCUT2D eigenvalue weighted by Gasteiger charge is -2.38. The summed E-state index contributed by atoms with van der Waals surface area (Å²) in [6, 6.07) is 1.21. The molecule has 108 valence electrons. The van der Waals surface area contributed by atoms with Crippen molar-refractivity contribution in [3.63, 3.8) is 0 Å². The van der Waals surface area contributed by atoms with Gasteiger partial charge in [0.15, 0.2) is 0 Å². The monoisotopic (exact) mass is 268 g/mol. The van der Waals surface area contributed by atoms with E-state index in [9.17, 15) is 4.79 Å². The van der Waals surface area contributed by atoms with Crippen LogP contribution in [0.4, 0.5) is 0 Å². The largest absolute Gasteiger partial charge is 0.480 e. The zero-order chi connectivity index (χ0) is 13.5. The van der Waals surface area contributed by atoms with Gasteiger partial charge in [-0.15, -0.1) is 0 Å². The van der Waals surface area contributed by atoms with E-state index >= 15 is 0 Å². The first kappa shape index (κ1) is 13.3. The van der Waals surface area contributed by atoms with Crippen LogP contribution in [0.2, 0.25) is 0 Å². The molecule has 2 heterocycles. The number of rotatable bonds is 4. The van der Waals surface area contributed by atoms with Crippen molar-refractivity contribution in [3.05, 3.63) is 0 Å². The molecule has 19 heavy (non-hydrogen) atoms. The fraction of sp³-hybridized carbons (Fsp3) is 0.929. The summed E-state index contributed by atoms with van der Waals surface area (Å²) >= 11 is 0. The van der Waals surface area contributed by atoms with E-state index in [4.69, 9.17) is 9.84 Å². The predicted octanol–water partition coefficient (Wildman–Crippen LogP) is 0.693. The number of hydrogen-bond acceptors (Lipinski definition) is 4. The fourth-order valence-electron chi connectivity index (χ4n) is 3.47. The minimum Gasteiger partial charge on any atom is -0.480 e. The van der Waals surface area contributed by atoms with Crippen LogP contribution in [-0.4, -0.2) is 59.9 Å². The van der Waals surface area contributed by atoms with Crippen LogP contribution in [0.5, 0.6) is 0 Å². The van der Waals surface area contributed by atoms with E-state index < -0.39 is 5.97 Å². The van der Waals surface area contributed by atoms with E-state index in [2.05, 4.69) is 12.2 Å². The first-order valence-electron chi connectivity index (χ1n) is 7.40. The van der Waals surface area contributed by atoms with Crippen molar-refractivity contribution in [2.75, 3.05) is 26.2 Å². The Bertz CT molecular complexity index is 353. The first-order chi connectivity index (χ1) is 9.06. The van der Waals surface area contributed by atoms with Crippen LogP contribution in [0.25, 0.3) is 0 Å². The maximum absolute atomic E-state index is 10.7. The highest BCUT2D eigenvalue weighted by Crippen LogP contribution is 2.38. The molecule has 1 aliphatic carbocycles. The minimum atomic E-state index is -0.731. The Balaban J connectivity index is 1.46. The summed E-state index contributed by atoms with van der Waals surface area (Å²) in [6.07, 6.45) is 4.34. The standard InChI is InChI=1S/C14H24N2O3/c1-10-6-12(10)15-11-7-14(19-9-11)2-4-16(5-3-14)8-13(17)18/h10-12,15H,2-9H2,1H3,(H,17,18)/t10-,11?,12-/m1/s1. The number of nitrogens with one attached hydrogen (secondary N) is 1. The highest BCUT2D eigenvalue weighted by Gasteiger charge is 2.45. The third kappa shape index (κ3) is 3.09. The quantitative estimate of drug-likeness (QED) is 0.785. The van der Waals surface area contributed by atoms with Gasteiger partial charge in [-0.3, -0.25) is 9.69 Å². The lowest BCUT2D eigenvalue weighted by molar-refractivity contribution is -0.139. The Hall–Kier alpha value is -0.650. The number of ether oxygens (including phenoxy) is 1. The normalized spacial score (nSPS) is 37.6. The molecule has 0 aromatic heterocycles. The molecule has 1 unspecified atom stereocenters. The molecule has 2 aliphatic heterocycles. The molecule has 3 rings (SSSR count). The lowest BCUT2D eigenvalue weighted by Crippen LogP contribution is -2.46. The predicted molar refractivity (Wildman–Crippen MR) is 71.1 cm³/mol. The maximum Gasteiger partial charge on any atom is 0.317 e. The Morgan fingerprint density at radius 1 is 1.47 bits per heavy atom. The Labute approximate surface area is 114 Å². The SMILES string of the molecule is C[C@@H]1C[C@H]1NC1COC2(CCN(CC(=O)O)CC2)C1. The molecule has 2 N–H and O–H groups in total. The number of carbonyl (C=O) groups is 1. The van der Waals surface area contributed by atoms with Gasteiger partial charge in [-0.25, -0.2) is 0 Å². The molecule has 5 nitrogen and oxygen atoms in total. The summed E-state index contributed by atoms with van der Waals surface area (Å²) < 4.78 is 6.07. The minimum absolute atomic E-state index is 0.0186. The molecule has 5 heteroatoms. The number of carboxylic acid groups (broad SMARTS) is 1. The third-order valence-electron chi connectivity index (χ3n) is 4.89. The summed E-state index contributed by atoms with van der Waals surface area (Å²) in [5, 5.41) is 12.5. The average molecular weight is 268 g/mol. The number of likely N-dealkylation sites (tertiary alicyclic amines) is 1. The summed E-state index contributed by atoms with van der Waals surface area (Å²) in [4.78, 5) is 12.7. The van der Waals surface area contributed by atoms with Gasteiger partial charge in [0.2, 0.25) is 0 Å². The highest BCUT2D eigenvalue weighted by molar-refractivity contribution is 5.69. The highest BCUT2D eigenvalue weighted by atomic mass is 16.5. The number of aliphatic carboxylic acids is 1. The van der Waals surface area contributed by atoms with Crippen LogP contribution in [0.1, 0.15) is 32.6 Å². The lowest BCUT2D eigenvalue weighted by atomic mass is 9.87. The van der Waals surface area contributed by atoms with E-state index in [1.165, 1.54) is 6.42 Å². The zero-order valence-electron chi connectivity index (χ0n) is 11.6. The van der Waals surface area contributed by atoms with Crippen molar-refractivity contribution in [2.45, 2.75) is 50.3 Å². The van der Waals surface area contributed by atoms with Gasteiger partial charge in [0.1, 0.15) is 0 Å². The van der Waals surface area contributed by atoms with Gasteiger partial charge >= 0.3 is 5.97 Å². The van der Waals surface area contributed by atoms with Crippen molar-refractivity contribution in [1.82, 2.24) is 10.2 Å². The van der Waals surface area contributed by atoms with Gasteiger partial charge in [-0.1, -0.05) is 6.92 Å². The van der Waals surface area contributed by atoms with Crippen LogP contribution in [0.15, 0.2) is 0 Å². The van der Waals surface area contributed by atoms with E-state index in [-0.39, 0.29) is 12.1 Å².